The summed E-state index contributed by atoms with van der Waals surface area (Å²) in [5.41, 5.74) is 0. The summed E-state index contributed by atoms with van der Waals surface area (Å²) in [6.07, 6.45) is 0. The maximum atomic E-state index is 4.83. The van der Waals surface area contributed by atoms with Crippen molar-refractivity contribution in [3.63, 3.8) is 0 Å². The Bertz CT molecular complexity index is 176. The van der Waals surface area contributed by atoms with E-state index >= 15 is 0 Å². The average Bonchev–Trinajstić information content (AvgIpc) is 2.59. The molecule has 2 aliphatic heterocycles. The van der Waals surface area contributed by atoms with Gasteiger partial charge in [0.15, 0.2) is 12.6 Å². The molecule has 0 unspecified atom stereocenters. The Morgan fingerprint density at radius 2 is 2.25 bits per heavy atom. The molecule has 0 aromatic rings. The first-order valence-corrected chi connectivity index (χ1v) is 4.31. The van der Waals surface area contributed by atoms with Crippen LogP contribution in [0.2, 0.25) is 0 Å². The van der Waals surface area contributed by atoms with E-state index in [1.54, 1.807) is 0 Å². The molecule has 0 bridgehead atoms. The average molecular weight is 170 g/mol. The lowest BCUT2D eigenvalue weighted by Gasteiger charge is -2.26. The van der Waals surface area contributed by atoms with Crippen LogP contribution in [0.4, 0.5) is 0 Å². The van der Waals surface area contributed by atoms with Gasteiger partial charge in [0.1, 0.15) is 0 Å². The molecule has 0 aromatic carbocycles. The maximum Gasteiger partial charge on any atom is 0.188 e. The number of nitrogens with zero attached hydrogens (tertiary/aromatic N) is 2. The van der Waals surface area contributed by atoms with Crippen LogP contribution in [0.15, 0.2) is 5.16 Å². The van der Waals surface area contributed by atoms with E-state index in [-0.39, 0.29) is 0 Å². The van der Waals surface area contributed by atoms with Crippen LogP contribution in [0.25, 0.3) is 0 Å². The van der Waals surface area contributed by atoms with E-state index in [0.29, 0.717) is 6.73 Å². The Morgan fingerprint density at radius 1 is 1.42 bits per heavy atom. The van der Waals surface area contributed by atoms with Crippen LogP contribution in [0, 0.1) is 0 Å². The lowest BCUT2D eigenvalue weighted by molar-refractivity contribution is 0.164. The van der Waals surface area contributed by atoms with E-state index in [9.17, 15) is 0 Å². The van der Waals surface area contributed by atoms with Gasteiger partial charge >= 0.3 is 0 Å². The molecule has 0 aliphatic carbocycles. The molecule has 12 heavy (non-hydrogen) atoms. The zero-order valence-electron chi connectivity index (χ0n) is 7.05. The summed E-state index contributed by atoms with van der Waals surface area (Å²) < 4.78 is 0. The molecule has 0 saturated carbocycles. The molecule has 0 radical (unpaired) electrons. The lowest BCUT2D eigenvalue weighted by Crippen LogP contribution is -2.46. The molecular weight excluding hydrogens is 156 g/mol. The fourth-order valence-corrected chi connectivity index (χ4v) is 1.42. The summed E-state index contributed by atoms with van der Waals surface area (Å²) in [5.74, 6) is 0.955. The standard InChI is InChI=1S/C7H14N4O/c1-3-11(4-2-8-1)5-7-9-6-12-10-7/h8H,1-6H2,(H,9,10). The fourth-order valence-electron chi connectivity index (χ4n) is 1.42. The van der Waals surface area contributed by atoms with E-state index in [1.807, 2.05) is 0 Å². The van der Waals surface area contributed by atoms with Crippen LogP contribution in [0.1, 0.15) is 0 Å². The zero-order valence-corrected chi connectivity index (χ0v) is 7.05. The first-order valence-electron chi connectivity index (χ1n) is 4.31. The topological polar surface area (TPSA) is 48.9 Å². The normalized spacial score (nSPS) is 24.5. The van der Waals surface area contributed by atoms with Crippen LogP contribution in [0.5, 0.6) is 0 Å². The van der Waals surface area contributed by atoms with Gasteiger partial charge in [-0.1, -0.05) is 5.16 Å². The second kappa shape index (κ2) is 3.73. The first kappa shape index (κ1) is 7.82. The molecule has 0 atom stereocenters. The second-order valence-corrected chi connectivity index (χ2v) is 3.01. The highest BCUT2D eigenvalue weighted by molar-refractivity contribution is 5.84. The van der Waals surface area contributed by atoms with Crippen LogP contribution < -0.4 is 10.6 Å². The van der Waals surface area contributed by atoms with Crippen molar-refractivity contribution in [1.82, 2.24) is 15.5 Å². The summed E-state index contributed by atoms with van der Waals surface area (Å²) in [6.45, 7) is 5.77. The minimum Gasteiger partial charge on any atom is -0.372 e. The summed E-state index contributed by atoms with van der Waals surface area (Å²) in [6, 6.07) is 0. The molecule has 5 nitrogen and oxygen atoms in total. The third kappa shape index (κ3) is 1.86. The largest absolute Gasteiger partial charge is 0.372 e. The number of amidine groups is 1. The highest BCUT2D eigenvalue weighted by Crippen LogP contribution is 1.95. The number of oxime groups is 1. The molecule has 68 valence electrons. The molecule has 2 N–H and O–H groups in total. The highest BCUT2D eigenvalue weighted by atomic mass is 16.6. The van der Waals surface area contributed by atoms with Crippen LogP contribution >= 0.6 is 0 Å². The first-order chi connectivity index (χ1) is 5.95. The molecule has 2 rings (SSSR count). The Balaban J connectivity index is 1.77. The number of piperazine rings is 1. The van der Waals surface area contributed by atoms with E-state index in [4.69, 9.17) is 4.84 Å². The van der Waals surface area contributed by atoms with Crippen molar-refractivity contribution < 1.29 is 4.84 Å². The van der Waals surface area contributed by atoms with E-state index in [2.05, 4.69) is 20.7 Å². The van der Waals surface area contributed by atoms with Gasteiger partial charge in [-0.15, -0.1) is 0 Å². The minimum absolute atomic E-state index is 0.529. The molecular formula is C7H14N4O. The van der Waals surface area contributed by atoms with Crippen molar-refractivity contribution in [1.29, 1.82) is 0 Å². The van der Waals surface area contributed by atoms with Gasteiger partial charge < -0.3 is 15.5 Å². The second-order valence-electron chi connectivity index (χ2n) is 3.01. The van der Waals surface area contributed by atoms with Crippen LogP contribution in [0.3, 0.4) is 0 Å². The lowest BCUT2D eigenvalue weighted by atomic mass is 10.3. The van der Waals surface area contributed by atoms with E-state index < -0.39 is 0 Å². The van der Waals surface area contributed by atoms with Gasteiger partial charge in [-0.3, -0.25) is 4.90 Å². The van der Waals surface area contributed by atoms with Crippen molar-refractivity contribution in [3.05, 3.63) is 0 Å². The summed E-state index contributed by atoms with van der Waals surface area (Å²) >= 11 is 0. The smallest absolute Gasteiger partial charge is 0.188 e. The van der Waals surface area contributed by atoms with Gasteiger partial charge in [-0.2, -0.15) is 0 Å². The molecule has 1 fully saturated rings. The summed E-state index contributed by atoms with van der Waals surface area (Å²) in [5, 5.41) is 10.2. The molecule has 0 aromatic heterocycles. The zero-order chi connectivity index (χ0) is 8.23. The predicted molar refractivity (Wildman–Crippen MR) is 45.8 cm³/mol. The van der Waals surface area contributed by atoms with Gasteiger partial charge in [-0.25, -0.2) is 0 Å². The molecule has 0 spiro atoms. The third-order valence-corrected chi connectivity index (χ3v) is 2.10. The predicted octanol–water partition coefficient (Wildman–Crippen LogP) is -1.22. The number of rotatable bonds is 2. The van der Waals surface area contributed by atoms with Crippen molar-refractivity contribution in [2.75, 3.05) is 39.5 Å². The van der Waals surface area contributed by atoms with Crippen molar-refractivity contribution in [2.45, 2.75) is 0 Å². The fraction of sp³-hybridized carbons (Fsp3) is 0.857. The summed E-state index contributed by atoms with van der Waals surface area (Å²) in [4.78, 5) is 7.19. The number of nitrogens with one attached hydrogen (secondary N) is 2. The van der Waals surface area contributed by atoms with Gasteiger partial charge in [0.25, 0.3) is 0 Å². The quantitative estimate of drug-likeness (QED) is 0.545. The van der Waals surface area contributed by atoms with Crippen molar-refractivity contribution >= 4 is 5.84 Å². The maximum absolute atomic E-state index is 4.83. The Kier molecular flexibility index (Phi) is 2.43. The van der Waals surface area contributed by atoms with E-state index in [0.717, 1.165) is 38.6 Å². The monoisotopic (exact) mass is 170 g/mol. The molecule has 2 heterocycles. The number of hydrogen-bond donors (Lipinski definition) is 2. The van der Waals surface area contributed by atoms with Gasteiger partial charge in [0, 0.05) is 26.2 Å². The van der Waals surface area contributed by atoms with Gasteiger partial charge in [-0.05, 0) is 0 Å². The highest BCUT2D eigenvalue weighted by Gasteiger charge is 2.14. The van der Waals surface area contributed by atoms with Crippen LogP contribution in [-0.2, 0) is 4.84 Å². The third-order valence-electron chi connectivity index (χ3n) is 2.10. The molecule has 2 aliphatic rings. The molecule has 5 heteroatoms. The Hall–Kier alpha value is -0.810. The minimum atomic E-state index is 0.529. The van der Waals surface area contributed by atoms with Crippen molar-refractivity contribution in [3.8, 4) is 0 Å². The Labute approximate surface area is 71.7 Å². The van der Waals surface area contributed by atoms with Gasteiger partial charge in [0.05, 0.1) is 6.54 Å². The molecule has 0 amide bonds. The van der Waals surface area contributed by atoms with E-state index in [1.165, 1.54) is 0 Å². The SMILES string of the molecule is C1CN(CC2=NOCN2)CCN1. The number of hydrogen-bond acceptors (Lipinski definition) is 5. The molecule has 1 saturated heterocycles. The van der Waals surface area contributed by atoms with Crippen LogP contribution in [-0.4, -0.2) is 50.2 Å². The summed E-state index contributed by atoms with van der Waals surface area (Å²) in [7, 11) is 0. The van der Waals surface area contributed by atoms with Crippen molar-refractivity contribution in [2.24, 2.45) is 5.16 Å². The Morgan fingerprint density at radius 3 is 2.92 bits per heavy atom. The van der Waals surface area contributed by atoms with Gasteiger partial charge in [0.2, 0.25) is 0 Å².